The average molecular weight is 489 g/mol. The third-order valence-corrected chi connectivity index (χ3v) is 5.60. The first-order valence-corrected chi connectivity index (χ1v) is 11.1. The van der Waals surface area contributed by atoms with E-state index in [1.165, 1.54) is 36.1 Å². The van der Waals surface area contributed by atoms with Crippen molar-refractivity contribution in [3.05, 3.63) is 100 Å². The van der Waals surface area contributed by atoms with E-state index >= 15 is 0 Å². The Balaban J connectivity index is 1.48. The fourth-order valence-electron chi connectivity index (χ4n) is 3.58. The predicted molar refractivity (Wildman–Crippen MR) is 132 cm³/mol. The number of anilines is 2. The fraction of sp³-hybridized carbons (Fsp3) is 0.154. The number of carbonyl (C=O) groups is 3. The van der Waals surface area contributed by atoms with Gasteiger partial charge in [0.1, 0.15) is 5.69 Å². The van der Waals surface area contributed by atoms with Gasteiger partial charge in [-0.25, -0.2) is 9.48 Å². The molecule has 4 rings (SSSR count). The third kappa shape index (κ3) is 4.83. The molecule has 2 aromatic carbocycles. The fourth-order valence-corrected chi connectivity index (χ4v) is 3.58. The molecule has 0 bridgehead atoms. The van der Waals surface area contributed by atoms with Crippen LogP contribution in [0.3, 0.4) is 0 Å². The zero-order chi connectivity index (χ0) is 25.8. The lowest BCUT2D eigenvalue weighted by atomic mass is 10.1. The van der Waals surface area contributed by atoms with Crippen molar-refractivity contribution in [2.75, 3.05) is 10.6 Å². The minimum absolute atomic E-state index is 0.0550. The van der Waals surface area contributed by atoms with Crippen molar-refractivity contribution < 1.29 is 23.5 Å². The van der Waals surface area contributed by atoms with Crippen LogP contribution in [0.5, 0.6) is 0 Å². The molecule has 1 atom stereocenters. The van der Waals surface area contributed by atoms with Gasteiger partial charge in [0.2, 0.25) is 0 Å². The molecule has 0 aliphatic carbocycles. The molecule has 0 fully saturated rings. The van der Waals surface area contributed by atoms with Gasteiger partial charge in [0, 0.05) is 7.05 Å². The number of rotatable bonds is 7. The highest BCUT2D eigenvalue weighted by molar-refractivity contribution is 6.07. The number of carbonyl (C=O) groups excluding carboxylic acids is 3. The second kappa shape index (κ2) is 10.2. The van der Waals surface area contributed by atoms with Crippen LogP contribution in [0.1, 0.15) is 33.5 Å². The number of furan rings is 1. The Kier molecular flexibility index (Phi) is 6.86. The summed E-state index contributed by atoms with van der Waals surface area (Å²) in [7, 11) is 1.71. The van der Waals surface area contributed by atoms with E-state index in [-0.39, 0.29) is 22.7 Å². The minimum Gasteiger partial charge on any atom is -0.459 e. The summed E-state index contributed by atoms with van der Waals surface area (Å²) in [6.45, 7) is 3.09. The van der Waals surface area contributed by atoms with Crippen LogP contribution in [0.25, 0.3) is 5.69 Å². The third-order valence-electron chi connectivity index (χ3n) is 5.60. The lowest BCUT2D eigenvalue weighted by Crippen LogP contribution is -2.32. The molecule has 0 aliphatic rings. The van der Waals surface area contributed by atoms with Crippen molar-refractivity contribution in [2.24, 2.45) is 7.05 Å². The van der Waals surface area contributed by atoms with Gasteiger partial charge < -0.3 is 19.8 Å². The summed E-state index contributed by atoms with van der Waals surface area (Å²) in [5.41, 5.74) is 1.09. The van der Waals surface area contributed by atoms with E-state index < -0.39 is 29.4 Å². The van der Waals surface area contributed by atoms with Crippen LogP contribution < -0.4 is 16.2 Å². The molecule has 0 radical (unpaired) electrons. The highest BCUT2D eigenvalue weighted by Crippen LogP contribution is 2.19. The van der Waals surface area contributed by atoms with Crippen molar-refractivity contribution in [1.29, 1.82) is 0 Å². The summed E-state index contributed by atoms with van der Waals surface area (Å²) in [6, 6.07) is 18.3. The van der Waals surface area contributed by atoms with E-state index in [0.29, 0.717) is 11.4 Å². The second-order valence-electron chi connectivity index (χ2n) is 7.95. The van der Waals surface area contributed by atoms with Gasteiger partial charge in [-0.15, -0.1) is 0 Å². The molecule has 184 valence electrons. The average Bonchev–Trinajstić information content (AvgIpc) is 3.49. The molecule has 2 heterocycles. The van der Waals surface area contributed by atoms with Gasteiger partial charge in [-0.3, -0.25) is 19.1 Å². The Bertz CT molecular complexity index is 1470. The summed E-state index contributed by atoms with van der Waals surface area (Å²) >= 11 is 0. The summed E-state index contributed by atoms with van der Waals surface area (Å²) in [4.78, 5) is 51.0. The number of hydrogen-bond acceptors (Lipinski definition) is 6. The van der Waals surface area contributed by atoms with Crippen LogP contribution >= 0.6 is 0 Å². The number of para-hydroxylation sites is 2. The standard InChI is InChI=1S/C26H24N4O6/c1-16-22(25(33)30(29(16)3)18-10-5-4-6-11-18)28-23(31)17(2)36-26(34)19-12-7-8-13-20(19)27-24(32)21-14-9-15-35-21/h4-15,17H,1-3H3,(H,27,32)(H,28,31)/t17-/m1/s1. The number of ether oxygens (including phenoxy) is 1. The summed E-state index contributed by atoms with van der Waals surface area (Å²) in [5.74, 6) is -1.96. The number of nitrogens with zero attached hydrogens (tertiary/aromatic N) is 2. The minimum atomic E-state index is -1.23. The van der Waals surface area contributed by atoms with Crippen LogP contribution in [0.15, 0.2) is 82.2 Å². The zero-order valence-electron chi connectivity index (χ0n) is 19.8. The maximum absolute atomic E-state index is 13.0. The van der Waals surface area contributed by atoms with E-state index in [4.69, 9.17) is 9.15 Å². The number of amides is 2. The largest absolute Gasteiger partial charge is 0.459 e. The SMILES string of the molecule is Cc1c(NC(=O)[C@@H](C)OC(=O)c2ccccc2NC(=O)c2ccco2)c(=O)n(-c2ccccc2)n1C. The molecule has 0 saturated carbocycles. The first kappa shape index (κ1) is 24.3. The van der Waals surface area contributed by atoms with Crippen molar-refractivity contribution in [2.45, 2.75) is 20.0 Å². The first-order chi connectivity index (χ1) is 17.3. The van der Waals surface area contributed by atoms with Gasteiger partial charge >= 0.3 is 5.97 Å². The van der Waals surface area contributed by atoms with Gasteiger partial charge in [-0.05, 0) is 50.2 Å². The molecule has 0 saturated heterocycles. The molecule has 2 N–H and O–H groups in total. The Morgan fingerprint density at radius 3 is 2.33 bits per heavy atom. The molecule has 0 unspecified atom stereocenters. The lowest BCUT2D eigenvalue weighted by Gasteiger charge is -2.15. The summed E-state index contributed by atoms with van der Waals surface area (Å²) < 4.78 is 13.5. The van der Waals surface area contributed by atoms with Crippen molar-refractivity contribution >= 4 is 29.2 Å². The molecule has 10 nitrogen and oxygen atoms in total. The van der Waals surface area contributed by atoms with Gasteiger partial charge in [-0.1, -0.05) is 30.3 Å². The summed E-state index contributed by atoms with van der Waals surface area (Å²) in [5, 5.41) is 5.17. The highest BCUT2D eigenvalue weighted by atomic mass is 16.5. The molecule has 0 aliphatic heterocycles. The number of hydrogen-bond donors (Lipinski definition) is 2. The number of esters is 1. The van der Waals surface area contributed by atoms with E-state index in [0.717, 1.165) is 0 Å². The normalized spacial score (nSPS) is 11.5. The van der Waals surface area contributed by atoms with Crippen molar-refractivity contribution in [1.82, 2.24) is 9.36 Å². The molecule has 0 spiro atoms. The smallest absolute Gasteiger partial charge is 0.341 e. The molecule has 4 aromatic rings. The molecule has 10 heteroatoms. The Morgan fingerprint density at radius 2 is 1.64 bits per heavy atom. The van der Waals surface area contributed by atoms with Gasteiger partial charge in [0.05, 0.1) is 28.9 Å². The van der Waals surface area contributed by atoms with Gasteiger partial charge in [-0.2, -0.15) is 0 Å². The number of nitrogens with one attached hydrogen (secondary N) is 2. The number of aromatic nitrogens is 2. The molecule has 2 aromatic heterocycles. The van der Waals surface area contributed by atoms with E-state index in [1.807, 2.05) is 6.07 Å². The predicted octanol–water partition coefficient (Wildman–Crippen LogP) is 3.51. The van der Waals surface area contributed by atoms with Crippen LogP contribution in [-0.2, 0) is 16.6 Å². The molecular formula is C26H24N4O6. The second-order valence-corrected chi connectivity index (χ2v) is 7.95. The monoisotopic (exact) mass is 488 g/mol. The van der Waals surface area contributed by atoms with Crippen molar-refractivity contribution in [3.63, 3.8) is 0 Å². The maximum Gasteiger partial charge on any atom is 0.341 e. The van der Waals surface area contributed by atoms with E-state index in [2.05, 4.69) is 10.6 Å². The Hall–Kier alpha value is -4.86. The van der Waals surface area contributed by atoms with Gasteiger partial charge in [0.25, 0.3) is 17.4 Å². The quantitative estimate of drug-likeness (QED) is 0.384. The summed E-state index contributed by atoms with van der Waals surface area (Å²) in [6.07, 6.45) is 0.133. The molecule has 36 heavy (non-hydrogen) atoms. The Labute approximate surface area is 206 Å². The van der Waals surface area contributed by atoms with Crippen LogP contribution in [-0.4, -0.2) is 33.3 Å². The number of benzene rings is 2. The molecule has 2 amide bonds. The lowest BCUT2D eigenvalue weighted by molar-refractivity contribution is -0.123. The Morgan fingerprint density at radius 1 is 0.944 bits per heavy atom. The van der Waals surface area contributed by atoms with Gasteiger partial charge in [0.15, 0.2) is 11.9 Å². The van der Waals surface area contributed by atoms with E-state index in [9.17, 15) is 19.2 Å². The highest BCUT2D eigenvalue weighted by Gasteiger charge is 2.25. The van der Waals surface area contributed by atoms with E-state index in [1.54, 1.807) is 61.1 Å². The zero-order valence-corrected chi connectivity index (χ0v) is 19.8. The topological polar surface area (TPSA) is 125 Å². The first-order valence-electron chi connectivity index (χ1n) is 11.1. The molecular weight excluding hydrogens is 464 g/mol. The maximum atomic E-state index is 13.0. The van der Waals surface area contributed by atoms with Crippen LogP contribution in [0, 0.1) is 6.92 Å². The van der Waals surface area contributed by atoms with Crippen LogP contribution in [0.4, 0.5) is 11.4 Å². The van der Waals surface area contributed by atoms with Crippen molar-refractivity contribution in [3.8, 4) is 5.69 Å². The van der Waals surface area contributed by atoms with Crippen LogP contribution in [0.2, 0.25) is 0 Å².